The Hall–Kier alpha value is 0.0969. The summed E-state index contributed by atoms with van der Waals surface area (Å²) in [6.45, 7) is 6.36. The first-order valence-electron chi connectivity index (χ1n) is 5.23. The van der Waals surface area contributed by atoms with E-state index in [9.17, 15) is 0 Å². The number of ether oxygens (including phenoxy) is 2. The zero-order valence-corrected chi connectivity index (χ0v) is 9.78. The molecule has 0 aromatic rings. The molecule has 78 valence electrons. The highest BCUT2D eigenvalue weighted by Crippen LogP contribution is 2.16. The third kappa shape index (κ3) is 3.77. The van der Waals surface area contributed by atoms with Crippen LogP contribution < -0.4 is 0 Å². The van der Waals surface area contributed by atoms with E-state index in [2.05, 4.69) is 0 Å². The molecule has 0 saturated carbocycles. The van der Waals surface area contributed by atoms with Crippen LogP contribution in [0.1, 0.15) is 26.7 Å². The molecule has 1 aliphatic rings. The largest absolute Gasteiger partial charge is 0.414 e. The Morgan fingerprint density at radius 1 is 1.23 bits per heavy atom. The smallest absolute Gasteiger partial charge is 0.238 e. The molecule has 0 aliphatic carbocycles. The van der Waals surface area contributed by atoms with Crippen LogP contribution in [0.4, 0.5) is 0 Å². The Bertz CT molecular complexity index is 120. The fourth-order valence-corrected chi connectivity index (χ4v) is 4.14. The summed E-state index contributed by atoms with van der Waals surface area (Å²) < 4.78 is 16.8. The van der Waals surface area contributed by atoms with E-state index in [1.807, 2.05) is 13.8 Å². The first-order chi connectivity index (χ1) is 6.38. The van der Waals surface area contributed by atoms with Gasteiger partial charge in [-0.25, -0.2) is 0 Å². The standard InChI is InChI=1S/C9H20O3Si/c1-3-10-9(11-4-2)13-8-6-5-7-12-13/h9,13H,3-8H2,1-2H3. The molecule has 1 saturated heterocycles. The van der Waals surface area contributed by atoms with E-state index >= 15 is 0 Å². The van der Waals surface area contributed by atoms with Gasteiger partial charge in [0.1, 0.15) is 0 Å². The van der Waals surface area contributed by atoms with Crippen molar-refractivity contribution >= 4 is 9.04 Å². The van der Waals surface area contributed by atoms with Crippen LogP contribution in [0.15, 0.2) is 0 Å². The monoisotopic (exact) mass is 204 g/mol. The molecule has 4 heteroatoms. The molecule has 1 fully saturated rings. The molecule has 0 aromatic carbocycles. The molecule has 1 atom stereocenters. The van der Waals surface area contributed by atoms with Crippen LogP contribution in [-0.4, -0.2) is 34.8 Å². The van der Waals surface area contributed by atoms with Crippen molar-refractivity contribution in [3.63, 3.8) is 0 Å². The molecule has 0 radical (unpaired) electrons. The summed E-state index contributed by atoms with van der Waals surface area (Å²) in [5, 5.41) is 0. The Kier molecular flexibility index (Phi) is 5.62. The molecule has 1 unspecified atom stereocenters. The average Bonchev–Trinajstić information content (AvgIpc) is 2.19. The lowest BCUT2D eigenvalue weighted by Gasteiger charge is -2.28. The Morgan fingerprint density at radius 3 is 2.38 bits per heavy atom. The van der Waals surface area contributed by atoms with Crippen LogP contribution >= 0.6 is 0 Å². The lowest BCUT2D eigenvalue weighted by molar-refractivity contribution is -0.0954. The molecule has 1 rings (SSSR count). The Balaban J connectivity index is 2.32. The molecule has 13 heavy (non-hydrogen) atoms. The second kappa shape index (κ2) is 6.54. The van der Waals surface area contributed by atoms with Gasteiger partial charge in [-0.05, 0) is 26.3 Å². The van der Waals surface area contributed by atoms with Crippen LogP contribution in [0.5, 0.6) is 0 Å². The van der Waals surface area contributed by atoms with Crippen molar-refractivity contribution in [2.75, 3.05) is 19.8 Å². The van der Waals surface area contributed by atoms with Gasteiger partial charge in [-0.3, -0.25) is 0 Å². The van der Waals surface area contributed by atoms with Crippen molar-refractivity contribution in [2.45, 2.75) is 38.6 Å². The van der Waals surface area contributed by atoms with Gasteiger partial charge < -0.3 is 13.9 Å². The fraction of sp³-hybridized carbons (Fsp3) is 1.00. The lowest BCUT2D eigenvalue weighted by Crippen LogP contribution is -2.40. The number of rotatable bonds is 5. The molecule has 0 amide bonds. The van der Waals surface area contributed by atoms with Gasteiger partial charge in [0.15, 0.2) is 5.91 Å². The van der Waals surface area contributed by atoms with Gasteiger partial charge in [0, 0.05) is 19.8 Å². The van der Waals surface area contributed by atoms with E-state index in [4.69, 9.17) is 13.9 Å². The van der Waals surface area contributed by atoms with Gasteiger partial charge in [0.05, 0.1) is 0 Å². The zero-order chi connectivity index (χ0) is 9.52. The fourth-order valence-electron chi connectivity index (χ4n) is 1.57. The van der Waals surface area contributed by atoms with Crippen molar-refractivity contribution in [1.82, 2.24) is 0 Å². The SMILES string of the molecule is CCOC(OCC)[SiH]1CCCCO1. The molecule has 1 aliphatic heterocycles. The van der Waals surface area contributed by atoms with Gasteiger partial charge in [0.2, 0.25) is 9.04 Å². The van der Waals surface area contributed by atoms with E-state index in [-0.39, 0.29) is 5.91 Å². The molecule has 0 bridgehead atoms. The van der Waals surface area contributed by atoms with Gasteiger partial charge in [-0.1, -0.05) is 6.42 Å². The van der Waals surface area contributed by atoms with Crippen LogP contribution in [-0.2, 0) is 13.9 Å². The normalized spacial score (nSPS) is 23.8. The van der Waals surface area contributed by atoms with E-state index in [1.165, 1.54) is 18.9 Å². The van der Waals surface area contributed by atoms with Crippen molar-refractivity contribution in [2.24, 2.45) is 0 Å². The summed E-state index contributed by atoms with van der Waals surface area (Å²) >= 11 is 0. The lowest BCUT2D eigenvalue weighted by atomic mass is 10.4. The zero-order valence-electron chi connectivity index (χ0n) is 8.62. The second-order valence-corrected chi connectivity index (χ2v) is 5.72. The molecule has 0 N–H and O–H groups in total. The van der Waals surface area contributed by atoms with E-state index in [0.29, 0.717) is 0 Å². The van der Waals surface area contributed by atoms with Crippen LogP contribution in [0.2, 0.25) is 6.04 Å². The van der Waals surface area contributed by atoms with Crippen molar-refractivity contribution in [3.8, 4) is 0 Å². The van der Waals surface area contributed by atoms with Crippen molar-refractivity contribution in [1.29, 1.82) is 0 Å². The minimum absolute atomic E-state index is 0.0182. The number of hydrogen-bond donors (Lipinski definition) is 0. The first kappa shape index (κ1) is 11.2. The summed E-state index contributed by atoms with van der Waals surface area (Å²) in [5.41, 5.74) is 0. The van der Waals surface area contributed by atoms with Gasteiger partial charge in [0.25, 0.3) is 0 Å². The quantitative estimate of drug-likeness (QED) is 0.501. The highest BCUT2D eigenvalue weighted by molar-refractivity contribution is 6.53. The molecule has 1 heterocycles. The summed E-state index contributed by atoms with van der Waals surface area (Å²) in [4.78, 5) is 0. The molecular weight excluding hydrogens is 184 g/mol. The van der Waals surface area contributed by atoms with Crippen LogP contribution in [0.25, 0.3) is 0 Å². The van der Waals surface area contributed by atoms with Crippen LogP contribution in [0, 0.1) is 0 Å². The predicted molar refractivity (Wildman–Crippen MR) is 54.2 cm³/mol. The van der Waals surface area contributed by atoms with Gasteiger partial charge in [-0.2, -0.15) is 0 Å². The number of hydrogen-bond acceptors (Lipinski definition) is 3. The first-order valence-corrected chi connectivity index (χ1v) is 7.18. The molecule has 3 nitrogen and oxygen atoms in total. The maximum absolute atomic E-state index is 5.73. The van der Waals surface area contributed by atoms with Crippen molar-refractivity contribution < 1.29 is 13.9 Å². The second-order valence-electron chi connectivity index (χ2n) is 3.18. The van der Waals surface area contributed by atoms with E-state index in [0.717, 1.165) is 19.8 Å². The van der Waals surface area contributed by atoms with Crippen LogP contribution in [0.3, 0.4) is 0 Å². The minimum atomic E-state index is -1.22. The highest BCUT2D eigenvalue weighted by atomic mass is 28.3. The van der Waals surface area contributed by atoms with Gasteiger partial charge >= 0.3 is 0 Å². The third-order valence-corrected chi connectivity index (χ3v) is 4.81. The maximum Gasteiger partial charge on any atom is 0.238 e. The maximum atomic E-state index is 5.73. The topological polar surface area (TPSA) is 27.7 Å². The third-order valence-electron chi connectivity index (χ3n) is 2.18. The highest BCUT2D eigenvalue weighted by Gasteiger charge is 2.27. The Labute approximate surface area is 82.1 Å². The average molecular weight is 204 g/mol. The summed E-state index contributed by atoms with van der Waals surface area (Å²) in [5.74, 6) is -0.0182. The summed E-state index contributed by atoms with van der Waals surface area (Å²) in [6.07, 6.45) is 2.49. The molecule has 0 aromatic heterocycles. The Morgan fingerprint density at radius 2 is 1.92 bits per heavy atom. The molecule has 0 spiro atoms. The van der Waals surface area contributed by atoms with E-state index in [1.54, 1.807) is 0 Å². The molecular formula is C9H20O3Si. The summed E-state index contributed by atoms with van der Waals surface area (Å²) in [6, 6.07) is 1.20. The minimum Gasteiger partial charge on any atom is -0.414 e. The summed E-state index contributed by atoms with van der Waals surface area (Å²) in [7, 11) is -1.22. The van der Waals surface area contributed by atoms with Crippen molar-refractivity contribution in [3.05, 3.63) is 0 Å². The van der Waals surface area contributed by atoms with E-state index < -0.39 is 9.04 Å². The predicted octanol–water partition coefficient (Wildman–Crippen LogP) is 1.46. The van der Waals surface area contributed by atoms with Gasteiger partial charge in [-0.15, -0.1) is 0 Å².